The van der Waals surface area contributed by atoms with Crippen LogP contribution in [0.5, 0.6) is 11.5 Å². The van der Waals surface area contributed by atoms with Crippen LogP contribution in [0.3, 0.4) is 0 Å². The van der Waals surface area contributed by atoms with E-state index in [1.54, 1.807) is 0 Å². The van der Waals surface area contributed by atoms with Crippen LogP contribution in [-0.4, -0.2) is 18.0 Å². The lowest BCUT2D eigenvalue weighted by molar-refractivity contribution is 0.303. The first-order chi connectivity index (χ1) is 11.7. The zero-order chi connectivity index (χ0) is 17.4. The Morgan fingerprint density at radius 3 is 2.54 bits per heavy atom. The van der Waals surface area contributed by atoms with Crippen LogP contribution in [0.2, 0.25) is 0 Å². The minimum Gasteiger partial charge on any atom is -0.494 e. The standard InChI is InChI=1S/C21H29BrO2/c1-4-17(22)9-7-8-14-24-21-13-10-16-15-18(23-6-3)11-12-20(16)19(21)5-2/h10-13,15,17H,4-9,14H2,1-3H3. The average Bonchev–Trinajstić information content (AvgIpc) is 2.61. The summed E-state index contributed by atoms with van der Waals surface area (Å²) < 4.78 is 11.7. The summed E-state index contributed by atoms with van der Waals surface area (Å²) in [5, 5.41) is 2.49. The molecule has 24 heavy (non-hydrogen) atoms. The lowest BCUT2D eigenvalue weighted by Crippen LogP contribution is -2.02. The van der Waals surface area contributed by atoms with Crippen molar-refractivity contribution in [2.45, 2.75) is 57.7 Å². The first kappa shape index (κ1) is 19.1. The molecule has 0 aromatic heterocycles. The van der Waals surface area contributed by atoms with Crippen molar-refractivity contribution in [2.75, 3.05) is 13.2 Å². The Hall–Kier alpha value is -1.22. The molecule has 2 aromatic rings. The van der Waals surface area contributed by atoms with Gasteiger partial charge >= 0.3 is 0 Å². The number of benzene rings is 2. The Labute approximate surface area is 154 Å². The zero-order valence-electron chi connectivity index (χ0n) is 15.1. The zero-order valence-corrected chi connectivity index (χ0v) is 16.7. The van der Waals surface area contributed by atoms with Crippen LogP contribution < -0.4 is 9.47 Å². The Bertz CT molecular complexity index is 639. The molecular formula is C21H29BrO2. The number of aryl methyl sites for hydroxylation is 1. The summed E-state index contributed by atoms with van der Waals surface area (Å²) >= 11 is 3.69. The summed E-state index contributed by atoms with van der Waals surface area (Å²) in [4.78, 5) is 0.643. The molecule has 0 saturated carbocycles. The molecule has 0 radical (unpaired) electrons. The first-order valence-electron chi connectivity index (χ1n) is 9.14. The van der Waals surface area contributed by atoms with Crippen molar-refractivity contribution in [3.8, 4) is 11.5 Å². The second-order valence-corrected chi connectivity index (χ2v) is 7.36. The van der Waals surface area contributed by atoms with Gasteiger partial charge in [-0.2, -0.15) is 0 Å². The third-order valence-electron chi connectivity index (χ3n) is 4.34. The highest BCUT2D eigenvalue weighted by molar-refractivity contribution is 9.09. The van der Waals surface area contributed by atoms with E-state index in [0.29, 0.717) is 11.4 Å². The molecule has 1 atom stereocenters. The van der Waals surface area contributed by atoms with Gasteiger partial charge in [-0.15, -0.1) is 0 Å². The molecule has 0 aliphatic carbocycles. The number of alkyl halides is 1. The van der Waals surface area contributed by atoms with E-state index < -0.39 is 0 Å². The molecule has 0 N–H and O–H groups in total. The Kier molecular flexibility index (Phi) is 7.90. The van der Waals surface area contributed by atoms with E-state index >= 15 is 0 Å². The van der Waals surface area contributed by atoms with Crippen LogP contribution in [0.1, 0.15) is 52.0 Å². The summed E-state index contributed by atoms with van der Waals surface area (Å²) in [6, 6.07) is 10.6. The van der Waals surface area contributed by atoms with Gasteiger partial charge in [0.2, 0.25) is 0 Å². The number of hydrogen-bond acceptors (Lipinski definition) is 2. The molecule has 0 saturated heterocycles. The lowest BCUT2D eigenvalue weighted by atomic mass is 10.0. The summed E-state index contributed by atoms with van der Waals surface area (Å²) in [5.74, 6) is 1.96. The fourth-order valence-electron chi connectivity index (χ4n) is 2.96. The molecule has 2 nitrogen and oxygen atoms in total. The normalized spacial score (nSPS) is 12.3. The number of unbranched alkanes of at least 4 members (excludes halogenated alkanes) is 1. The van der Waals surface area contributed by atoms with E-state index in [1.807, 2.05) is 6.92 Å². The summed E-state index contributed by atoms with van der Waals surface area (Å²) in [7, 11) is 0. The molecule has 0 bridgehead atoms. The smallest absolute Gasteiger partial charge is 0.123 e. The second kappa shape index (κ2) is 9.93. The molecule has 0 amide bonds. The molecule has 1 unspecified atom stereocenters. The Balaban J connectivity index is 2.03. The Morgan fingerprint density at radius 2 is 1.83 bits per heavy atom. The third kappa shape index (κ3) is 5.14. The van der Waals surface area contributed by atoms with Gasteiger partial charge in [0.25, 0.3) is 0 Å². The monoisotopic (exact) mass is 392 g/mol. The average molecular weight is 393 g/mol. The fourth-order valence-corrected chi connectivity index (χ4v) is 3.29. The minimum atomic E-state index is 0.643. The van der Waals surface area contributed by atoms with E-state index in [0.717, 1.165) is 30.9 Å². The predicted octanol–water partition coefficient (Wildman–Crippen LogP) is 6.52. The van der Waals surface area contributed by atoms with Crippen molar-refractivity contribution in [1.29, 1.82) is 0 Å². The van der Waals surface area contributed by atoms with E-state index in [9.17, 15) is 0 Å². The van der Waals surface area contributed by atoms with E-state index in [4.69, 9.17) is 9.47 Å². The SMILES string of the molecule is CCOc1ccc2c(CC)c(OCCCCC(Br)CC)ccc2c1. The lowest BCUT2D eigenvalue weighted by Gasteiger charge is -2.14. The first-order valence-corrected chi connectivity index (χ1v) is 10.1. The maximum absolute atomic E-state index is 6.08. The van der Waals surface area contributed by atoms with Crippen LogP contribution in [-0.2, 0) is 6.42 Å². The van der Waals surface area contributed by atoms with Crippen LogP contribution in [0, 0.1) is 0 Å². The largest absolute Gasteiger partial charge is 0.494 e. The molecule has 132 valence electrons. The third-order valence-corrected chi connectivity index (χ3v) is 5.44. The molecule has 0 aliphatic heterocycles. The molecule has 0 spiro atoms. The van der Waals surface area contributed by atoms with E-state index in [2.05, 4.69) is 60.1 Å². The van der Waals surface area contributed by atoms with Gasteiger partial charge in [-0.3, -0.25) is 0 Å². The molecule has 0 fully saturated rings. The molecule has 2 rings (SSSR count). The highest BCUT2D eigenvalue weighted by Gasteiger charge is 2.09. The van der Waals surface area contributed by atoms with Gasteiger partial charge in [0.15, 0.2) is 0 Å². The maximum Gasteiger partial charge on any atom is 0.123 e. The number of hydrogen-bond donors (Lipinski definition) is 0. The van der Waals surface area contributed by atoms with Crippen LogP contribution in [0.4, 0.5) is 0 Å². The van der Waals surface area contributed by atoms with Gasteiger partial charge in [-0.1, -0.05) is 41.9 Å². The molecule has 2 aromatic carbocycles. The maximum atomic E-state index is 6.08. The Morgan fingerprint density at radius 1 is 1.00 bits per heavy atom. The van der Waals surface area contributed by atoms with Crippen LogP contribution in [0.15, 0.2) is 30.3 Å². The van der Waals surface area contributed by atoms with Gasteiger partial charge in [0.05, 0.1) is 13.2 Å². The predicted molar refractivity (Wildman–Crippen MR) is 107 cm³/mol. The van der Waals surface area contributed by atoms with Crippen molar-refractivity contribution in [3.05, 3.63) is 35.9 Å². The van der Waals surface area contributed by atoms with Crippen LogP contribution >= 0.6 is 15.9 Å². The summed E-state index contributed by atoms with van der Waals surface area (Å²) in [6.45, 7) is 7.90. The van der Waals surface area contributed by atoms with Crippen molar-refractivity contribution < 1.29 is 9.47 Å². The van der Waals surface area contributed by atoms with Gasteiger partial charge in [-0.25, -0.2) is 0 Å². The van der Waals surface area contributed by atoms with Gasteiger partial charge < -0.3 is 9.47 Å². The molecule has 0 aliphatic rings. The van der Waals surface area contributed by atoms with Gasteiger partial charge in [0.1, 0.15) is 11.5 Å². The van der Waals surface area contributed by atoms with Crippen molar-refractivity contribution in [3.63, 3.8) is 0 Å². The van der Waals surface area contributed by atoms with Crippen molar-refractivity contribution >= 4 is 26.7 Å². The van der Waals surface area contributed by atoms with Gasteiger partial charge in [0, 0.05) is 10.4 Å². The quantitative estimate of drug-likeness (QED) is 0.338. The van der Waals surface area contributed by atoms with Gasteiger partial charge in [-0.05, 0) is 68.0 Å². The van der Waals surface area contributed by atoms with E-state index in [1.165, 1.54) is 35.6 Å². The summed E-state index contributed by atoms with van der Waals surface area (Å²) in [6.07, 6.45) is 5.69. The number of ether oxygens (including phenoxy) is 2. The molecule has 3 heteroatoms. The van der Waals surface area contributed by atoms with Crippen molar-refractivity contribution in [1.82, 2.24) is 0 Å². The topological polar surface area (TPSA) is 18.5 Å². The number of fused-ring (bicyclic) bond motifs is 1. The fraction of sp³-hybridized carbons (Fsp3) is 0.524. The highest BCUT2D eigenvalue weighted by Crippen LogP contribution is 2.31. The minimum absolute atomic E-state index is 0.643. The second-order valence-electron chi connectivity index (χ2n) is 6.06. The molecule has 0 heterocycles. The molecular weight excluding hydrogens is 364 g/mol. The van der Waals surface area contributed by atoms with Crippen molar-refractivity contribution in [2.24, 2.45) is 0 Å². The number of halogens is 1. The summed E-state index contributed by atoms with van der Waals surface area (Å²) in [5.41, 5.74) is 1.29. The van der Waals surface area contributed by atoms with Crippen LogP contribution in [0.25, 0.3) is 10.8 Å². The highest BCUT2D eigenvalue weighted by atomic mass is 79.9. The van der Waals surface area contributed by atoms with E-state index in [-0.39, 0.29) is 0 Å². The number of rotatable bonds is 10.